The van der Waals surface area contributed by atoms with Gasteiger partial charge in [-0.05, 0) is 58.2 Å². The number of fused-ring (bicyclic) bond motifs is 1. The second-order valence-corrected chi connectivity index (χ2v) is 9.83. The molecule has 216 valence electrons. The van der Waals surface area contributed by atoms with Crippen molar-refractivity contribution in [2.45, 2.75) is 46.4 Å². The van der Waals surface area contributed by atoms with E-state index in [-0.39, 0.29) is 12.3 Å². The molecule has 11 nitrogen and oxygen atoms in total. The molecule has 1 N–H and O–H groups in total. The standard InChI is InChI=1S/C31H33N7O4/c1-4-8-28-33-27-16-15-23(42-31(40)32-17-5-2)18-26(27)30(39)37(28)19-21-11-13-22(14-12-21)24-9-6-7-10-25(24)29-34-35-36-38(29)20-41-3/h6-7,9-16,18H,4-5,8,17,19-20H2,1-3H3,(H,32,40). The van der Waals surface area contributed by atoms with Gasteiger partial charge in [-0.15, -0.1) is 5.10 Å². The van der Waals surface area contributed by atoms with Crippen molar-refractivity contribution < 1.29 is 14.3 Å². The zero-order valence-corrected chi connectivity index (χ0v) is 23.9. The maximum atomic E-state index is 13.7. The van der Waals surface area contributed by atoms with Gasteiger partial charge in [0.25, 0.3) is 5.56 Å². The molecule has 0 spiro atoms. The summed E-state index contributed by atoms with van der Waals surface area (Å²) >= 11 is 0. The first-order valence-electron chi connectivity index (χ1n) is 13.9. The van der Waals surface area contributed by atoms with Crippen molar-refractivity contribution in [3.8, 4) is 28.3 Å². The largest absolute Gasteiger partial charge is 0.412 e. The number of methoxy groups -OCH3 is 1. The third kappa shape index (κ3) is 6.21. The van der Waals surface area contributed by atoms with E-state index in [1.54, 1.807) is 34.6 Å². The van der Waals surface area contributed by atoms with Gasteiger partial charge in [-0.3, -0.25) is 9.36 Å². The Hall–Kier alpha value is -4.90. The minimum atomic E-state index is -0.552. The summed E-state index contributed by atoms with van der Waals surface area (Å²) in [5, 5.41) is 15.1. The molecule has 0 radical (unpaired) electrons. The molecule has 0 fully saturated rings. The molecule has 0 saturated carbocycles. The maximum absolute atomic E-state index is 13.7. The number of aromatic nitrogens is 6. The summed E-state index contributed by atoms with van der Waals surface area (Å²) in [7, 11) is 1.60. The number of rotatable bonds is 11. The minimum Gasteiger partial charge on any atom is -0.410 e. The number of carbonyl (C=O) groups is 1. The smallest absolute Gasteiger partial charge is 0.410 e. The number of amides is 1. The molecule has 0 bridgehead atoms. The van der Waals surface area contributed by atoms with Crippen molar-refractivity contribution in [3.63, 3.8) is 0 Å². The topological polar surface area (TPSA) is 126 Å². The monoisotopic (exact) mass is 567 g/mol. The first-order chi connectivity index (χ1) is 20.5. The first kappa shape index (κ1) is 28.6. The molecule has 0 aliphatic heterocycles. The number of nitrogens with one attached hydrogen (secondary N) is 1. The van der Waals surface area contributed by atoms with Crippen LogP contribution in [0.25, 0.3) is 33.4 Å². The molecule has 5 aromatic rings. The zero-order chi connectivity index (χ0) is 29.5. The van der Waals surface area contributed by atoms with E-state index in [1.165, 1.54) is 0 Å². The third-order valence-electron chi connectivity index (χ3n) is 6.77. The third-order valence-corrected chi connectivity index (χ3v) is 6.77. The van der Waals surface area contributed by atoms with Gasteiger partial charge < -0.3 is 14.8 Å². The Labute approximate surface area is 243 Å². The number of carbonyl (C=O) groups excluding carboxylic acids is 1. The summed E-state index contributed by atoms with van der Waals surface area (Å²) in [6.07, 6.45) is 1.74. The Morgan fingerprint density at radius 3 is 2.50 bits per heavy atom. The molecule has 2 aromatic heterocycles. The minimum absolute atomic E-state index is 0.178. The number of tetrazole rings is 1. The highest BCUT2D eigenvalue weighted by molar-refractivity contribution is 5.81. The van der Waals surface area contributed by atoms with Gasteiger partial charge in [0.1, 0.15) is 18.3 Å². The molecule has 0 aliphatic rings. The van der Waals surface area contributed by atoms with Crippen LogP contribution in [0.1, 0.15) is 38.1 Å². The molecule has 42 heavy (non-hydrogen) atoms. The quantitative estimate of drug-likeness (QED) is 0.241. The highest BCUT2D eigenvalue weighted by Gasteiger charge is 2.16. The SMILES string of the molecule is CCCNC(=O)Oc1ccc2nc(CCC)n(Cc3ccc(-c4ccccc4-c4nnnn4COC)cc3)c(=O)c2c1. The Balaban J connectivity index is 1.45. The van der Waals surface area contributed by atoms with Crippen LogP contribution >= 0.6 is 0 Å². The van der Waals surface area contributed by atoms with Gasteiger partial charge in [0.2, 0.25) is 0 Å². The predicted octanol–water partition coefficient (Wildman–Crippen LogP) is 4.82. The van der Waals surface area contributed by atoms with E-state index in [0.29, 0.717) is 47.8 Å². The predicted molar refractivity (Wildman–Crippen MR) is 159 cm³/mol. The molecule has 0 saturated heterocycles. The summed E-state index contributed by atoms with van der Waals surface area (Å²) in [6.45, 7) is 5.12. The van der Waals surface area contributed by atoms with Crippen molar-refractivity contribution in [2.75, 3.05) is 13.7 Å². The molecular formula is C31H33N7O4. The number of hydrogen-bond donors (Lipinski definition) is 1. The number of benzene rings is 3. The van der Waals surface area contributed by atoms with E-state index < -0.39 is 6.09 Å². The van der Waals surface area contributed by atoms with E-state index >= 15 is 0 Å². The van der Waals surface area contributed by atoms with Crippen LogP contribution in [0.15, 0.2) is 71.5 Å². The Morgan fingerprint density at radius 2 is 1.76 bits per heavy atom. The molecule has 0 unspecified atom stereocenters. The summed E-state index contributed by atoms with van der Waals surface area (Å²) in [5.41, 5.74) is 4.19. The van der Waals surface area contributed by atoms with Gasteiger partial charge in [0.05, 0.1) is 17.4 Å². The molecule has 3 aromatic carbocycles. The number of hydrogen-bond acceptors (Lipinski definition) is 8. The van der Waals surface area contributed by atoms with Gasteiger partial charge in [-0.1, -0.05) is 62.4 Å². The normalized spacial score (nSPS) is 11.1. The van der Waals surface area contributed by atoms with Crippen LogP contribution in [0.3, 0.4) is 0 Å². The maximum Gasteiger partial charge on any atom is 0.412 e. The molecule has 11 heteroatoms. The highest BCUT2D eigenvalue weighted by Crippen LogP contribution is 2.31. The summed E-state index contributed by atoms with van der Waals surface area (Å²) in [4.78, 5) is 30.6. The van der Waals surface area contributed by atoms with E-state index in [9.17, 15) is 9.59 Å². The molecule has 0 aliphatic carbocycles. The van der Waals surface area contributed by atoms with Crippen LogP contribution in [0.5, 0.6) is 5.75 Å². The van der Waals surface area contributed by atoms with E-state index in [1.807, 2.05) is 55.5 Å². The van der Waals surface area contributed by atoms with Gasteiger partial charge >= 0.3 is 6.09 Å². The van der Waals surface area contributed by atoms with Gasteiger partial charge in [-0.2, -0.15) is 4.68 Å². The average molecular weight is 568 g/mol. The lowest BCUT2D eigenvalue weighted by atomic mass is 9.98. The Kier molecular flexibility index (Phi) is 8.98. The number of nitrogens with zero attached hydrogens (tertiary/aromatic N) is 6. The first-order valence-corrected chi connectivity index (χ1v) is 13.9. The lowest BCUT2D eigenvalue weighted by Gasteiger charge is -2.15. The second kappa shape index (κ2) is 13.2. The number of aryl methyl sites for hydroxylation is 1. The van der Waals surface area contributed by atoms with Crippen LogP contribution in [-0.2, 0) is 24.4 Å². The van der Waals surface area contributed by atoms with Crippen molar-refractivity contribution >= 4 is 17.0 Å². The van der Waals surface area contributed by atoms with Crippen LogP contribution in [0, 0.1) is 0 Å². The van der Waals surface area contributed by atoms with Gasteiger partial charge in [0.15, 0.2) is 5.82 Å². The van der Waals surface area contributed by atoms with E-state index in [0.717, 1.165) is 35.1 Å². The Morgan fingerprint density at radius 1 is 0.976 bits per heavy atom. The van der Waals surface area contributed by atoms with E-state index in [2.05, 4.69) is 27.8 Å². The van der Waals surface area contributed by atoms with Crippen LogP contribution in [0.4, 0.5) is 4.79 Å². The summed E-state index contributed by atoms with van der Waals surface area (Å²) < 4.78 is 13.9. The second-order valence-electron chi connectivity index (χ2n) is 9.83. The van der Waals surface area contributed by atoms with E-state index in [4.69, 9.17) is 14.5 Å². The summed E-state index contributed by atoms with van der Waals surface area (Å²) in [5.74, 6) is 1.62. The van der Waals surface area contributed by atoms with Crippen molar-refractivity contribution in [2.24, 2.45) is 0 Å². The van der Waals surface area contributed by atoms with Crippen molar-refractivity contribution in [1.29, 1.82) is 0 Å². The fourth-order valence-electron chi connectivity index (χ4n) is 4.77. The Bertz CT molecular complexity index is 1750. The number of ether oxygens (including phenoxy) is 2. The average Bonchev–Trinajstić information content (AvgIpc) is 3.47. The van der Waals surface area contributed by atoms with Crippen LogP contribution in [0.2, 0.25) is 0 Å². The molecule has 5 rings (SSSR count). The fraction of sp³-hybridized carbons (Fsp3) is 0.290. The van der Waals surface area contributed by atoms with Crippen LogP contribution < -0.4 is 15.6 Å². The van der Waals surface area contributed by atoms with Crippen molar-refractivity contribution in [3.05, 3.63) is 88.5 Å². The molecule has 1 amide bonds. The molecule has 0 atom stereocenters. The highest BCUT2D eigenvalue weighted by atomic mass is 16.6. The van der Waals surface area contributed by atoms with Crippen LogP contribution in [-0.4, -0.2) is 49.5 Å². The van der Waals surface area contributed by atoms with Gasteiger partial charge in [0, 0.05) is 25.6 Å². The lowest BCUT2D eigenvalue weighted by Crippen LogP contribution is -2.28. The summed E-state index contributed by atoms with van der Waals surface area (Å²) in [6, 6.07) is 20.9. The molecule has 2 heterocycles. The zero-order valence-electron chi connectivity index (χ0n) is 23.9. The van der Waals surface area contributed by atoms with Gasteiger partial charge in [-0.25, -0.2) is 9.78 Å². The van der Waals surface area contributed by atoms with Crippen molar-refractivity contribution in [1.82, 2.24) is 35.1 Å². The molecular weight excluding hydrogens is 534 g/mol. The fourth-order valence-corrected chi connectivity index (χ4v) is 4.77. The lowest BCUT2D eigenvalue weighted by molar-refractivity contribution is 0.120.